The standard InChI is InChI=1S/C31H23N3O/c35-31(29(21-9-3-1-4-10-21)22-11-5-2-6-12-22)32-26-17-15-23(16-18-26)30-33-27-19-24-13-7-8-14-25(24)20-28(27)34-30/h1-20,29H,(H,32,35)(H,33,34). The third-order valence-corrected chi connectivity index (χ3v) is 6.30. The number of anilines is 1. The van der Waals surface area contributed by atoms with Crippen molar-refractivity contribution in [1.29, 1.82) is 0 Å². The maximum atomic E-state index is 13.4. The Bertz CT molecular complexity index is 1530. The van der Waals surface area contributed by atoms with Gasteiger partial charge in [0.2, 0.25) is 5.91 Å². The van der Waals surface area contributed by atoms with Crippen LogP contribution in [0.25, 0.3) is 33.2 Å². The molecule has 0 saturated heterocycles. The van der Waals surface area contributed by atoms with Gasteiger partial charge >= 0.3 is 0 Å². The highest BCUT2D eigenvalue weighted by Gasteiger charge is 2.22. The number of carbonyl (C=O) groups is 1. The summed E-state index contributed by atoms with van der Waals surface area (Å²) in [6.07, 6.45) is 0. The number of amides is 1. The van der Waals surface area contributed by atoms with Crippen molar-refractivity contribution < 1.29 is 4.79 Å². The van der Waals surface area contributed by atoms with Gasteiger partial charge in [-0.2, -0.15) is 0 Å². The van der Waals surface area contributed by atoms with Gasteiger partial charge in [0.1, 0.15) is 5.82 Å². The molecule has 0 aliphatic carbocycles. The van der Waals surface area contributed by atoms with E-state index in [1.54, 1.807) is 0 Å². The van der Waals surface area contributed by atoms with Crippen molar-refractivity contribution >= 4 is 33.4 Å². The molecule has 1 amide bonds. The zero-order valence-electron chi connectivity index (χ0n) is 19.0. The van der Waals surface area contributed by atoms with Crippen LogP contribution >= 0.6 is 0 Å². The molecule has 6 rings (SSSR count). The van der Waals surface area contributed by atoms with Crippen LogP contribution in [0.15, 0.2) is 121 Å². The summed E-state index contributed by atoms with van der Waals surface area (Å²) in [6.45, 7) is 0. The third-order valence-electron chi connectivity index (χ3n) is 6.30. The number of benzene rings is 5. The number of hydrogen-bond acceptors (Lipinski definition) is 2. The second-order valence-electron chi connectivity index (χ2n) is 8.62. The first kappa shape index (κ1) is 20.9. The molecule has 0 atom stereocenters. The molecule has 0 aliphatic heterocycles. The quantitative estimate of drug-likeness (QED) is 0.291. The van der Waals surface area contributed by atoms with Gasteiger partial charge in [0.25, 0.3) is 0 Å². The fourth-order valence-corrected chi connectivity index (χ4v) is 4.55. The van der Waals surface area contributed by atoms with Gasteiger partial charge < -0.3 is 10.3 Å². The van der Waals surface area contributed by atoms with Crippen molar-refractivity contribution in [1.82, 2.24) is 9.97 Å². The van der Waals surface area contributed by atoms with E-state index in [2.05, 4.69) is 34.6 Å². The van der Waals surface area contributed by atoms with Gasteiger partial charge in [0.15, 0.2) is 0 Å². The maximum absolute atomic E-state index is 13.4. The van der Waals surface area contributed by atoms with Gasteiger partial charge in [-0.05, 0) is 58.3 Å². The molecule has 5 aromatic carbocycles. The molecular weight excluding hydrogens is 430 g/mol. The molecule has 35 heavy (non-hydrogen) atoms. The van der Waals surface area contributed by atoms with Crippen molar-refractivity contribution in [2.24, 2.45) is 0 Å². The number of H-pyrrole nitrogens is 1. The number of aromatic amines is 1. The van der Waals surface area contributed by atoms with E-state index in [9.17, 15) is 4.79 Å². The minimum Gasteiger partial charge on any atom is -0.338 e. The molecular formula is C31H23N3O. The number of imidazole rings is 1. The van der Waals surface area contributed by atoms with Crippen LogP contribution in [-0.2, 0) is 4.79 Å². The minimum absolute atomic E-state index is 0.0643. The Morgan fingerprint density at radius 1 is 0.686 bits per heavy atom. The van der Waals surface area contributed by atoms with Crippen LogP contribution in [0.3, 0.4) is 0 Å². The summed E-state index contributed by atoms with van der Waals surface area (Å²) in [5.41, 5.74) is 5.57. The van der Waals surface area contributed by atoms with E-state index in [1.165, 1.54) is 10.8 Å². The van der Waals surface area contributed by atoms with E-state index in [0.717, 1.165) is 39.2 Å². The Balaban J connectivity index is 1.26. The SMILES string of the molecule is O=C(Nc1ccc(-c2nc3cc4ccccc4cc3[nH]2)cc1)C(c1ccccc1)c1ccccc1. The van der Waals surface area contributed by atoms with Crippen molar-refractivity contribution in [3.8, 4) is 11.4 Å². The molecule has 0 radical (unpaired) electrons. The fraction of sp³-hybridized carbons (Fsp3) is 0.0323. The second kappa shape index (κ2) is 8.92. The van der Waals surface area contributed by atoms with Gasteiger partial charge in [-0.1, -0.05) is 84.9 Å². The summed E-state index contributed by atoms with van der Waals surface area (Å²) in [4.78, 5) is 21.6. The lowest BCUT2D eigenvalue weighted by Crippen LogP contribution is -2.22. The summed E-state index contributed by atoms with van der Waals surface area (Å²) in [5.74, 6) is 0.354. The molecule has 0 bridgehead atoms. The normalized spacial score (nSPS) is 11.2. The molecule has 2 N–H and O–H groups in total. The maximum Gasteiger partial charge on any atom is 0.236 e. The highest BCUT2D eigenvalue weighted by molar-refractivity contribution is 5.98. The Morgan fingerprint density at radius 2 is 1.26 bits per heavy atom. The summed E-state index contributed by atoms with van der Waals surface area (Å²) in [6, 6.07) is 40.0. The van der Waals surface area contributed by atoms with Crippen LogP contribution in [-0.4, -0.2) is 15.9 Å². The van der Waals surface area contributed by atoms with Gasteiger partial charge in [-0.25, -0.2) is 4.98 Å². The van der Waals surface area contributed by atoms with E-state index in [-0.39, 0.29) is 11.8 Å². The van der Waals surface area contributed by atoms with E-state index in [0.29, 0.717) is 0 Å². The van der Waals surface area contributed by atoms with Gasteiger partial charge in [-0.15, -0.1) is 0 Å². The van der Waals surface area contributed by atoms with E-state index < -0.39 is 0 Å². The first-order chi connectivity index (χ1) is 17.2. The number of aromatic nitrogens is 2. The van der Waals surface area contributed by atoms with Crippen LogP contribution in [0.5, 0.6) is 0 Å². The van der Waals surface area contributed by atoms with Gasteiger partial charge in [-0.3, -0.25) is 4.79 Å². The number of nitrogens with zero attached hydrogens (tertiary/aromatic N) is 1. The van der Waals surface area contributed by atoms with E-state index >= 15 is 0 Å². The minimum atomic E-state index is -0.387. The van der Waals surface area contributed by atoms with Crippen molar-refractivity contribution in [2.45, 2.75) is 5.92 Å². The molecule has 4 heteroatoms. The monoisotopic (exact) mass is 453 g/mol. The summed E-state index contributed by atoms with van der Waals surface area (Å²) < 4.78 is 0. The lowest BCUT2D eigenvalue weighted by molar-refractivity contribution is -0.116. The molecule has 168 valence electrons. The van der Waals surface area contributed by atoms with E-state index in [4.69, 9.17) is 4.98 Å². The Kier molecular flexibility index (Phi) is 5.32. The summed E-state index contributed by atoms with van der Waals surface area (Å²) in [7, 11) is 0. The average Bonchev–Trinajstić information content (AvgIpc) is 3.32. The zero-order valence-corrected chi connectivity index (χ0v) is 19.0. The predicted molar refractivity (Wildman–Crippen MR) is 142 cm³/mol. The molecule has 4 nitrogen and oxygen atoms in total. The fourth-order valence-electron chi connectivity index (χ4n) is 4.55. The van der Waals surface area contributed by atoms with Crippen LogP contribution in [0.2, 0.25) is 0 Å². The van der Waals surface area contributed by atoms with Crippen LogP contribution in [0, 0.1) is 0 Å². The number of hydrogen-bond donors (Lipinski definition) is 2. The molecule has 1 aromatic heterocycles. The highest BCUT2D eigenvalue weighted by atomic mass is 16.1. The smallest absolute Gasteiger partial charge is 0.236 e. The largest absolute Gasteiger partial charge is 0.338 e. The van der Waals surface area contributed by atoms with Crippen molar-refractivity contribution in [2.75, 3.05) is 5.32 Å². The predicted octanol–water partition coefficient (Wildman–Crippen LogP) is 7.15. The van der Waals surface area contributed by atoms with Crippen molar-refractivity contribution in [3.05, 3.63) is 132 Å². The lowest BCUT2D eigenvalue weighted by atomic mass is 9.90. The number of carbonyl (C=O) groups excluding carboxylic acids is 1. The average molecular weight is 454 g/mol. The Morgan fingerprint density at radius 3 is 1.89 bits per heavy atom. The Labute approximate surface area is 203 Å². The molecule has 0 spiro atoms. The third kappa shape index (κ3) is 4.18. The molecule has 1 heterocycles. The van der Waals surface area contributed by atoms with Gasteiger partial charge in [0, 0.05) is 11.3 Å². The topological polar surface area (TPSA) is 57.8 Å². The van der Waals surface area contributed by atoms with Crippen LogP contribution in [0.1, 0.15) is 17.0 Å². The Hall–Kier alpha value is -4.70. The zero-order chi connectivity index (χ0) is 23.6. The molecule has 0 unspecified atom stereocenters. The molecule has 0 fully saturated rings. The highest BCUT2D eigenvalue weighted by Crippen LogP contribution is 2.28. The number of fused-ring (bicyclic) bond motifs is 2. The summed E-state index contributed by atoms with van der Waals surface area (Å²) in [5, 5.41) is 5.45. The number of rotatable bonds is 5. The van der Waals surface area contributed by atoms with Crippen LogP contribution < -0.4 is 5.32 Å². The second-order valence-corrected chi connectivity index (χ2v) is 8.62. The molecule has 0 aliphatic rings. The number of nitrogens with one attached hydrogen (secondary N) is 2. The van der Waals surface area contributed by atoms with Crippen LogP contribution in [0.4, 0.5) is 5.69 Å². The first-order valence-electron chi connectivity index (χ1n) is 11.6. The summed E-state index contributed by atoms with van der Waals surface area (Å²) >= 11 is 0. The van der Waals surface area contributed by atoms with E-state index in [1.807, 2.05) is 97.1 Å². The van der Waals surface area contributed by atoms with Crippen molar-refractivity contribution in [3.63, 3.8) is 0 Å². The van der Waals surface area contributed by atoms with Gasteiger partial charge in [0.05, 0.1) is 17.0 Å². The first-order valence-corrected chi connectivity index (χ1v) is 11.6. The lowest BCUT2D eigenvalue weighted by Gasteiger charge is -2.18. The molecule has 0 saturated carbocycles. The molecule has 6 aromatic rings.